The second-order valence-corrected chi connectivity index (χ2v) is 4.20. The van der Waals surface area contributed by atoms with E-state index in [9.17, 15) is 14.4 Å². The van der Waals surface area contributed by atoms with Gasteiger partial charge in [-0.3, -0.25) is 10.1 Å². The van der Waals surface area contributed by atoms with Gasteiger partial charge in [0.2, 0.25) is 5.88 Å². The molecule has 0 aliphatic rings. The van der Waals surface area contributed by atoms with Crippen LogP contribution in [0.15, 0.2) is 4.42 Å². The Morgan fingerprint density at radius 1 is 1.24 bits per heavy atom. The number of rotatable bonds is 6. The van der Waals surface area contributed by atoms with Crippen molar-refractivity contribution in [1.29, 1.82) is 0 Å². The maximum Gasteiger partial charge on any atom is 0.342 e. The molecule has 0 aromatic carbocycles. The molecule has 0 spiro atoms. The zero-order chi connectivity index (χ0) is 16.0. The van der Waals surface area contributed by atoms with Gasteiger partial charge >= 0.3 is 12.0 Å². The molecular formula is C13H19N3O5. The number of carbonyl (C=O) groups is 3. The minimum Gasteiger partial charge on any atom is -0.462 e. The number of ether oxygens (including phenoxy) is 1. The lowest BCUT2D eigenvalue weighted by Gasteiger charge is -2.05. The van der Waals surface area contributed by atoms with Crippen molar-refractivity contribution in [2.45, 2.75) is 27.2 Å². The molecule has 0 atom stereocenters. The van der Waals surface area contributed by atoms with Gasteiger partial charge in [0.05, 0.1) is 6.61 Å². The van der Waals surface area contributed by atoms with Crippen molar-refractivity contribution in [2.75, 3.05) is 18.5 Å². The van der Waals surface area contributed by atoms with E-state index in [4.69, 9.17) is 14.9 Å². The van der Waals surface area contributed by atoms with Crippen LogP contribution in [0, 0.1) is 6.92 Å². The van der Waals surface area contributed by atoms with Crippen molar-refractivity contribution in [3.8, 4) is 0 Å². The van der Waals surface area contributed by atoms with Crippen LogP contribution < -0.4 is 16.4 Å². The third-order valence-electron chi connectivity index (χ3n) is 2.57. The zero-order valence-corrected chi connectivity index (χ0v) is 12.2. The molecule has 3 amide bonds. The molecule has 1 heterocycles. The van der Waals surface area contributed by atoms with Gasteiger partial charge in [-0.05, 0) is 20.3 Å². The van der Waals surface area contributed by atoms with Crippen LogP contribution in [0.3, 0.4) is 0 Å². The fraction of sp³-hybridized carbons (Fsp3) is 0.462. The topological polar surface area (TPSA) is 124 Å². The predicted octanol–water partition coefficient (Wildman–Crippen LogP) is 1.40. The van der Waals surface area contributed by atoms with E-state index in [1.807, 2.05) is 6.92 Å². The number of furan rings is 1. The number of nitrogens with one attached hydrogen (secondary N) is 2. The van der Waals surface area contributed by atoms with Crippen LogP contribution in [0.2, 0.25) is 0 Å². The number of nitrogens with two attached hydrogens (primary N) is 1. The average molecular weight is 297 g/mol. The van der Waals surface area contributed by atoms with Gasteiger partial charge in [-0.1, -0.05) is 6.92 Å². The first-order chi connectivity index (χ1) is 9.92. The van der Waals surface area contributed by atoms with Gasteiger partial charge in [0.1, 0.15) is 16.9 Å². The Hall–Kier alpha value is -2.51. The molecule has 0 aliphatic carbocycles. The lowest BCUT2D eigenvalue weighted by Crippen LogP contribution is -2.30. The Morgan fingerprint density at radius 2 is 1.90 bits per heavy atom. The molecule has 0 unspecified atom stereocenters. The van der Waals surface area contributed by atoms with E-state index >= 15 is 0 Å². The van der Waals surface area contributed by atoms with Crippen LogP contribution in [0.25, 0.3) is 0 Å². The number of amides is 3. The summed E-state index contributed by atoms with van der Waals surface area (Å²) in [6.07, 6.45) is 0.751. The highest BCUT2D eigenvalue weighted by molar-refractivity contribution is 6.10. The van der Waals surface area contributed by atoms with E-state index in [1.54, 1.807) is 6.92 Å². The van der Waals surface area contributed by atoms with E-state index in [0.29, 0.717) is 6.54 Å². The van der Waals surface area contributed by atoms with Crippen LogP contribution in [0.4, 0.5) is 10.7 Å². The summed E-state index contributed by atoms with van der Waals surface area (Å²) in [5, 5.41) is 4.91. The molecule has 1 rings (SSSR count). The molecule has 0 saturated heterocycles. The number of hydrogen-bond donors (Lipinski definition) is 3. The van der Waals surface area contributed by atoms with Crippen molar-refractivity contribution in [1.82, 2.24) is 5.32 Å². The van der Waals surface area contributed by atoms with Crippen LogP contribution in [-0.2, 0) is 4.74 Å². The third-order valence-corrected chi connectivity index (χ3v) is 2.57. The third kappa shape index (κ3) is 3.98. The monoisotopic (exact) mass is 297 g/mol. The van der Waals surface area contributed by atoms with Gasteiger partial charge in [-0.25, -0.2) is 9.59 Å². The molecular weight excluding hydrogens is 278 g/mol. The van der Waals surface area contributed by atoms with Crippen molar-refractivity contribution in [3.63, 3.8) is 0 Å². The molecule has 0 bridgehead atoms. The number of primary amides is 1. The molecule has 8 nitrogen and oxygen atoms in total. The van der Waals surface area contributed by atoms with E-state index < -0.39 is 17.9 Å². The van der Waals surface area contributed by atoms with Crippen LogP contribution >= 0.6 is 0 Å². The largest absolute Gasteiger partial charge is 0.462 e. The molecule has 0 aliphatic heterocycles. The summed E-state index contributed by atoms with van der Waals surface area (Å²) < 4.78 is 10.1. The summed E-state index contributed by atoms with van der Waals surface area (Å²) in [5.74, 6) is -1.64. The molecule has 4 N–H and O–H groups in total. The fourth-order valence-electron chi connectivity index (χ4n) is 1.70. The van der Waals surface area contributed by atoms with Gasteiger partial charge in [-0.2, -0.15) is 0 Å². The van der Waals surface area contributed by atoms with Gasteiger partial charge in [0.15, 0.2) is 0 Å². The van der Waals surface area contributed by atoms with Crippen molar-refractivity contribution >= 4 is 23.8 Å². The highest BCUT2D eigenvalue weighted by Crippen LogP contribution is 2.27. The summed E-state index contributed by atoms with van der Waals surface area (Å²) in [5.41, 5.74) is 4.99. The number of carbonyl (C=O) groups excluding carboxylic acids is 3. The Balaban J connectivity index is 3.10. The summed E-state index contributed by atoms with van der Waals surface area (Å²) in [7, 11) is 0. The summed E-state index contributed by atoms with van der Waals surface area (Å²) >= 11 is 0. The maximum atomic E-state index is 11.8. The van der Waals surface area contributed by atoms with Crippen LogP contribution in [0.1, 0.15) is 46.7 Å². The van der Waals surface area contributed by atoms with E-state index in [-0.39, 0.29) is 29.4 Å². The summed E-state index contributed by atoms with van der Waals surface area (Å²) in [6.45, 7) is 5.61. The minimum absolute atomic E-state index is 0.0739. The first kappa shape index (κ1) is 16.5. The van der Waals surface area contributed by atoms with Gasteiger partial charge in [-0.15, -0.1) is 0 Å². The minimum atomic E-state index is -0.888. The van der Waals surface area contributed by atoms with Crippen molar-refractivity contribution in [2.24, 2.45) is 5.73 Å². The first-order valence-corrected chi connectivity index (χ1v) is 6.57. The fourth-order valence-corrected chi connectivity index (χ4v) is 1.70. The Morgan fingerprint density at radius 3 is 2.43 bits per heavy atom. The van der Waals surface area contributed by atoms with Gasteiger partial charge in [0.25, 0.3) is 5.91 Å². The summed E-state index contributed by atoms with van der Waals surface area (Å²) in [4.78, 5) is 35.0. The second kappa shape index (κ2) is 7.32. The molecule has 1 aromatic heterocycles. The van der Waals surface area contributed by atoms with Crippen molar-refractivity contribution < 1.29 is 23.5 Å². The standard InChI is InChI=1S/C13H19N3O5/c1-4-6-15-13(19)16-11-9(10(14)17)8(7(3)21-11)12(18)20-5-2/h4-6H2,1-3H3,(H2,14,17)(H2,15,16,19). The first-order valence-electron chi connectivity index (χ1n) is 6.57. The highest BCUT2D eigenvalue weighted by atomic mass is 16.5. The maximum absolute atomic E-state index is 11.8. The number of esters is 1. The molecule has 0 fully saturated rings. The van der Waals surface area contributed by atoms with Crippen LogP contribution in [-0.4, -0.2) is 31.1 Å². The number of aryl methyl sites for hydroxylation is 1. The van der Waals surface area contributed by atoms with Crippen molar-refractivity contribution in [3.05, 3.63) is 16.9 Å². The van der Waals surface area contributed by atoms with Gasteiger partial charge in [0, 0.05) is 6.54 Å². The normalized spacial score (nSPS) is 10.0. The average Bonchev–Trinajstić information content (AvgIpc) is 2.73. The van der Waals surface area contributed by atoms with E-state index in [2.05, 4.69) is 10.6 Å². The molecule has 21 heavy (non-hydrogen) atoms. The molecule has 0 saturated carbocycles. The number of anilines is 1. The van der Waals surface area contributed by atoms with E-state index in [0.717, 1.165) is 6.42 Å². The number of urea groups is 1. The SMILES string of the molecule is CCCNC(=O)Nc1oc(C)c(C(=O)OCC)c1C(N)=O. The molecule has 8 heteroatoms. The Bertz CT molecular complexity index is 550. The number of hydrogen-bond acceptors (Lipinski definition) is 5. The second-order valence-electron chi connectivity index (χ2n) is 4.20. The van der Waals surface area contributed by atoms with E-state index in [1.165, 1.54) is 6.92 Å². The van der Waals surface area contributed by atoms with Crippen LogP contribution in [0.5, 0.6) is 0 Å². The molecule has 1 aromatic rings. The Labute approximate surface area is 122 Å². The molecule has 116 valence electrons. The zero-order valence-electron chi connectivity index (χ0n) is 12.2. The lowest BCUT2D eigenvalue weighted by atomic mass is 10.1. The quantitative estimate of drug-likeness (QED) is 0.684. The lowest BCUT2D eigenvalue weighted by molar-refractivity contribution is 0.0521. The molecule has 0 radical (unpaired) electrons. The summed E-state index contributed by atoms with van der Waals surface area (Å²) in [6, 6.07) is -0.552. The predicted molar refractivity (Wildman–Crippen MR) is 75.2 cm³/mol. The Kier molecular flexibility index (Phi) is 5.77. The van der Waals surface area contributed by atoms with Gasteiger partial charge < -0.3 is 20.2 Å². The highest BCUT2D eigenvalue weighted by Gasteiger charge is 2.28. The smallest absolute Gasteiger partial charge is 0.342 e.